The molecule has 3 heterocycles. The topological polar surface area (TPSA) is 96.5 Å². The molecule has 1 unspecified atom stereocenters. The number of nitrogens with zero attached hydrogens (tertiary/aromatic N) is 3. The fraction of sp³-hybridized carbons (Fsp3) is 0.389. The number of aromatic hydroxyl groups is 1. The van der Waals surface area contributed by atoms with Crippen LogP contribution in [0, 0.1) is 19.7 Å². The molecule has 0 radical (unpaired) electrons. The number of fused-ring (bicyclic) bond motifs is 1. The summed E-state index contributed by atoms with van der Waals surface area (Å²) >= 11 is 0. The van der Waals surface area contributed by atoms with Crippen molar-refractivity contribution in [3.05, 3.63) is 83.8 Å². The summed E-state index contributed by atoms with van der Waals surface area (Å²) in [5, 5.41) is 20.9. The van der Waals surface area contributed by atoms with Gasteiger partial charge in [-0.25, -0.2) is 14.2 Å². The molecule has 2 aromatic carbocycles. The zero-order valence-corrected chi connectivity index (χ0v) is 26.9. The quantitative estimate of drug-likeness (QED) is 0.187. The van der Waals surface area contributed by atoms with Crippen molar-refractivity contribution in [1.29, 1.82) is 0 Å². The highest BCUT2D eigenvalue weighted by molar-refractivity contribution is 5.81. The van der Waals surface area contributed by atoms with Crippen LogP contribution in [0.4, 0.5) is 10.2 Å². The van der Waals surface area contributed by atoms with Gasteiger partial charge >= 0.3 is 5.97 Å². The van der Waals surface area contributed by atoms with E-state index in [2.05, 4.69) is 18.4 Å². The van der Waals surface area contributed by atoms with Crippen molar-refractivity contribution in [1.82, 2.24) is 9.38 Å². The van der Waals surface area contributed by atoms with E-state index in [1.54, 1.807) is 12.1 Å². The second-order valence-electron chi connectivity index (χ2n) is 13.1. The number of hydrogen-bond acceptors (Lipinski definition) is 6. The van der Waals surface area contributed by atoms with E-state index in [0.717, 1.165) is 29.5 Å². The summed E-state index contributed by atoms with van der Waals surface area (Å²) in [5.41, 5.74) is 3.93. The minimum Gasteiger partial charge on any atom is -0.507 e. The van der Waals surface area contributed by atoms with Crippen LogP contribution in [0.15, 0.2) is 61.3 Å². The van der Waals surface area contributed by atoms with Gasteiger partial charge in [-0.3, -0.25) is 4.40 Å². The summed E-state index contributed by atoms with van der Waals surface area (Å²) in [6.45, 7) is 17.0. The Kier molecular flexibility index (Phi) is 8.79. The Labute approximate surface area is 263 Å². The smallest absolute Gasteiger partial charge is 0.337 e. The molecule has 0 bridgehead atoms. The van der Waals surface area contributed by atoms with Crippen LogP contribution in [0.2, 0.25) is 0 Å². The molecule has 9 heteroatoms. The largest absolute Gasteiger partial charge is 0.507 e. The molecule has 4 aromatic rings. The molecule has 2 aromatic heterocycles. The van der Waals surface area contributed by atoms with Crippen molar-refractivity contribution in [2.24, 2.45) is 0 Å². The molecule has 5 rings (SSSR count). The fourth-order valence-electron chi connectivity index (χ4n) is 6.05. The van der Waals surface area contributed by atoms with Gasteiger partial charge in [0.05, 0.1) is 29.1 Å². The molecule has 0 spiro atoms. The zero-order valence-electron chi connectivity index (χ0n) is 26.9. The second kappa shape index (κ2) is 12.3. The highest BCUT2D eigenvalue weighted by Crippen LogP contribution is 2.40. The van der Waals surface area contributed by atoms with Crippen LogP contribution >= 0.6 is 0 Å². The Morgan fingerprint density at radius 3 is 2.49 bits per heavy atom. The standard InChI is InChI=1S/C36H42FN3O5/c1-8-18-44-36(7)14-16-39(17-15-36)33-30(32(34(42)43)45-35(4,5)6)23(3)19-29-38-27(21-40(29)33)25-20-24(13-12-22(25)2)31-26(37)10-9-11-28(31)41/h8-13,19-21,32,41H,1,14-18H2,2-7H3,(H,42,43). The molecule has 1 saturated heterocycles. The summed E-state index contributed by atoms with van der Waals surface area (Å²) in [6, 6.07) is 11.6. The number of aliphatic carboxylic acids is 1. The molecule has 0 saturated carbocycles. The van der Waals surface area contributed by atoms with Crippen molar-refractivity contribution in [3.63, 3.8) is 0 Å². The molecule has 1 aliphatic heterocycles. The Bertz CT molecular complexity index is 1730. The van der Waals surface area contributed by atoms with E-state index >= 15 is 0 Å². The number of carbonyl (C=O) groups is 1. The first-order valence-corrected chi connectivity index (χ1v) is 15.2. The first-order chi connectivity index (χ1) is 21.2. The number of benzene rings is 2. The molecule has 238 valence electrons. The average molecular weight is 616 g/mol. The Morgan fingerprint density at radius 2 is 1.87 bits per heavy atom. The fourth-order valence-corrected chi connectivity index (χ4v) is 6.05. The average Bonchev–Trinajstić information content (AvgIpc) is 3.38. The minimum atomic E-state index is -1.21. The maximum Gasteiger partial charge on any atom is 0.337 e. The zero-order chi connectivity index (χ0) is 32.7. The van der Waals surface area contributed by atoms with E-state index in [1.807, 2.05) is 63.4 Å². The summed E-state index contributed by atoms with van der Waals surface area (Å²) < 4.78 is 29.0. The molecule has 0 amide bonds. The van der Waals surface area contributed by atoms with Crippen LogP contribution in [0.3, 0.4) is 0 Å². The van der Waals surface area contributed by atoms with Crippen LogP contribution in [-0.4, -0.2) is 56.5 Å². The van der Waals surface area contributed by atoms with Gasteiger partial charge in [0.1, 0.15) is 23.0 Å². The lowest BCUT2D eigenvalue weighted by atomic mass is 9.92. The van der Waals surface area contributed by atoms with Crippen LogP contribution < -0.4 is 4.90 Å². The number of carboxylic acids is 1. The van der Waals surface area contributed by atoms with E-state index in [-0.39, 0.29) is 16.9 Å². The SMILES string of the molecule is C=CCOC1(C)CCN(c2c(C(OC(C)(C)C)C(=O)O)c(C)cc3nc(-c4cc(-c5c(O)cccc5F)ccc4C)cn23)CC1. The number of phenolic OH excluding ortho intramolecular Hbond substituents is 1. The van der Waals surface area contributed by atoms with Gasteiger partial charge in [0, 0.05) is 30.4 Å². The molecular weight excluding hydrogens is 573 g/mol. The Hall–Kier alpha value is -4.21. The summed E-state index contributed by atoms with van der Waals surface area (Å²) in [6.07, 6.45) is 3.91. The Morgan fingerprint density at radius 1 is 1.16 bits per heavy atom. The number of aromatic nitrogens is 2. The number of rotatable bonds is 9. The maximum atomic E-state index is 14.8. The van der Waals surface area contributed by atoms with Gasteiger partial charge in [0.25, 0.3) is 0 Å². The van der Waals surface area contributed by atoms with E-state index in [4.69, 9.17) is 14.5 Å². The van der Waals surface area contributed by atoms with Crippen LogP contribution in [-0.2, 0) is 14.3 Å². The number of halogens is 1. The van der Waals surface area contributed by atoms with Gasteiger partial charge in [-0.2, -0.15) is 0 Å². The van der Waals surface area contributed by atoms with Gasteiger partial charge in [0.2, 0.25) is 0 Å². The summed E-state index contributed by atoms with van der Waals surface area (Å²) in [4.78, 5) is 20.0. The monoisotopic (exact) mass is 615 g/mol. The van der Waals surface area contributed by atoms with Crippen LogP contribution in [0.25, 0.3) is 28.0 Å². The number of anilines is 1. The first kappa shape index (κ1) is 32.2. The Balaban J connectivity index is 1.69. The van der Waals surface area contributed by atoms with Gasteiger partial charge in [0.15, 0.2) is 6.10 Å². The number of imidazole rings is 1. The lowest BCUT2D eigenvalue weighted by Gasteiger charge is -2.41. The van der Waals surface area contributed by atoms with Crippen molar-refractivity contribution in [2.75, 3.05) is 24.6 Å². The molecule has 8 nitrogen and oxygen atoms in total. The second-order valence-corrected chi connectivity index (χ2v) is 13.1. The summed E-state index contributed by atoms with van der Waals surface area (Å²) in [5.74, 6) is -1.02. The number of ether oxygens (including phenoxy) is 2. The number of carboxylic acid groups (broad SMARTS) is 1. The summed E-state index contributed by atoms with van der Waals surface area (Å²) in [7, 11) is 0. The van der Waals surface area contributed by atoms with Crippen molar-refractivity contribution in [2.45, 2.75) is 71.7 Å². The predicted molar refractivity (Wildman–Crippen MR) is 174 cm³/mol. The van der Waals surface area contributed by atoms with Gasteiger partial charge in [-0.15, -0.1) is 6.58 Å². The van der Waals surface area contributed by atoms with Crippen molar-refractivity contribution in [3.8, 4) is 28.1 Å². The van der Waals surface area contributed by atoms with Crippen molar-refractivity contribution >= 4 is 17.4 Å². The molecule has 0 aliphatic carbocycles. The van der Waals surface area contributed by atoms with Gasteiger partial charge in [-0.1, -0.05) is 24.3 Å². The third-order valence-electron chi connectivity index (χ3n) is 8.39. The highest BCUT2D eigenvalue weighted by Gasteiger charge is 2.37. The molecule has 1 fully saturated rings. The number of pyridine rings is 1. The van der Waals surface area contributed by atoms with Crippen molar-refractivity contribution < 1.29 is 28.9 Å². The van der Waals surface area contributed by atoms with Crippen LogP contribution in [0.5, 0.6) is 5.75 Å². The third kappa shape index (κ3) is 6.60. The normalized spacial score (nSPS) is 15.8. The first-order valence-electron chi connectivity index (χ1n) is 15.2. The number of hydrogen-bond donors (Lipinski definition) is 2. The van der Waals surface area contributed by atoms with Crippen LogP contribution in [0.1, 0.15) is 63.3 Å². The van der Waals surface area contributed by atoms with Gasteiger partial charge in [-0.05, 0) is 95.3 Å². The number of piperidine rings is 1. The van der Waals surface area contributed by atoms with E-state index in [9.17, 15) is 19.4 Å². The molecule has 1 aliphatic rings. The number of phenols is 1. The van der Waals surface area contributed by atoms with E-state index in [1.165, 1.54) is 18.2 Å². The molecule has 45 heavy (non-hydrogen) atoms. The third-order valence-corrected chi connectivity index (χ3v) is 8.39. The number of aryl methyl sites for hydroxylation is 2. The molecule has 2 N–H and O–H groups in total. The van der Waals surface area contributed by atoms with E-state index < -0.39 is 23.5 Å². The molecular formula is C36H42FN3O5. The van der Waals surface area contributed by atoms with E-state index in [0.29, 0.717) is 48.0 Å². The lowest BCUT2D eigenvalue weighted by molar-refractivity contribution is -0.160. The molecule has 1 atom stereocenters. The van der Waals surface area contributed by atoms with Gasteiger partial charge < -0.3 is 24.6 Å². The minimum absolute atomic E-state index is 0.125. The highest BCUT2D eigenvalue weighted by atomic mass is 19.1. The lowest BCUT2D eigenvalue weighted by Crippen LogP contribution is -2.45. The predicted octanol–water partition coefficient (Wildman–Crippen LogP) is 7.63. The maximum absolute atomic E-state index is 14.8.